The van der Waals surface area contributed by atoms with Gasteiger partial charge in [-0.2, -0.15) is 0 Å². The molecule has 0 saturated carbocycles. The molecule has 4 aliphatic carbocycles. The van der Waals surface area contributed by atoms with Crippen LogP contribution in [-0.4, -0.2) is 0 Å². The molecule has 0 fully saturated rings. The lowest BCUT2D eigenvalue weighted by molar-refractivity contribution is 0.481. The Morgan fingerprint density at radius 3 is 0.710 bits per heavy atom. The summed E-state index contributed by atoms with van der Waals surface area (Å²) in [7, 11) is 0. The van der Waals surface area contributed by atoms with E-state index in [9.17, 15) is 0 Å². The summed E-state index contributed by atoms with van der Waals surface area (Å²) < 4.78 is 13.1. The third-order valence-electron chi connectivity index (χ3n) is 31.9. The van der Waals surface area contributed by atoms with Gasteiger partial charge in [0.25, 0.3) is 0 Å². The van der Waals surface area contributed by atoms with Crippen LogP contribution in [0.3, 0.4) is 0 Å². The Labute approximate surface area is 856 Å². The Kier molecular flexibility index (Phi) is 25.1. The zero-order valence-corrected chi connectivity index (χ0v) is 83.7. The molecule has 4 aliphatic rings. The molecule has 0 bridgehead atoms. The minimum Gasteiger partial charge on any atom is -0.457 e. The average molecular weight is 1870 g/mol. The van der Waals surface area contributed by atoms with Gasteiger partial charge in [-0.25, -0.2) is 0 Å². The monoisotopic (exact) mass is 1870 g/mol. The minimum atomic E-state index is -0.633. The van der Waals surface area contributed by atoms with E-state index in [1.165, 1.54) is 181 Å². The molecule has 0 aromatic heterocycles. The average Bonchev–Trinajstić information content (AvgIpc) is 1.54. The van der Waals surface area contributed by atoms with Crippen LogP contribution in [0.5, 0.6) is 23.0 Å². The van der Waals surface area contributed by atoms with E-state index in [1.807, 2.05) is 0 Å². The standard InChI is InChI=1S/C72H63NO.C69H57NO/c1-4-6-7-11-22-52-33-37-56(38-34-52)72(57-39-45-62(46-40-57)74-61-43-35-53(36-44-61)51(3)5-2)68-32-21-19-30-64(68)66-48-42-60(50-70(66)72)73(58-27-16-10-17-28-58)59-41-47-65-63-29-18-20-31-67(63)71(69(65)49-59,54-23-12-8-13-24-54)55-25-14-9-15-26-55;1-5-48(4)50-31-39-58(40-32-50)71-59-41-35-54(36-42-59)69(53-33-29-49(30-34-53)47(2)3)65-28-18-16-26-61(65)63-44-38-57(46-67(63)69)70(55-23-13-8-14-24-55)56-37-43-62-60-25-15-17-27-64(60)68(66(62)45-56,51-19-9-6-10-20-51)52-21-11-7-12-22-52/h8-10,12-21,23-51H,4-7,11,22H2,1-3H3;6-48H,5H2,1-4H3. The highest BCUT2D eigenvalue weighted by molar-refractivity contribution is 5.96. The number of unbranched alkanes of at least 4 members (excludes halogenated alkanes) is 3. The maximum Gasteiger partial charge on any atom is 0.127 e. The normalized spacial score (nSPS) is 15.2. The number of fused-ring (bicyclic) bond motifs is 12. The van der Waals surface area contributed by atoms with Crippen molar-refractivity contribution in [3.05, 3.63) is 609 Å². The van der Waals surface area contributed by atoms with E-state index in [0.717, 1.165) is 76.4 Å². The second kappa shape index (κ2) is 39.5. The highest BCUT2D eigenvalue weighted by Crippen LogP contribution is 2.64. The van der Waals surface area contributed by atoms with Gasteiger partial charge < -0.3 is 19.3 Å². The lowest BCUT2D eigenvalue weighted by atomic mass is 9.67. The Hall–Kier alpha value is -16.4. The lowest BCUT2D eigenvalue weighted by Gasteiger charge is -2.36. The number of nitrogens with zero attached hydrogens (tertiary/aromatic N) is 2. The summed E-state index contributed by atoms with van der Waals surface area (Å²) in [5.74, 6) is 4.74. The molecule has 706 valence electrons. The quantitative estimate of drug-likeness (QED) is 0.0456. The number of hydrogen-bond acceptors (Lipinski definition) is 4. The highest BCUT2D eigenvalue weighted by Gasteiger charge is 2.52. The highest BCUT2D eigenvalue weighted by atomic mass is 16.5. The first-order chi connectivity index (χ1) is 71.4. The van der Waals surface area contributed by atoms with Crippen LogP contribution in [-0.2, 0) is 28.1 Å². The zero-order valence-electron chi connectivity index (χ0n) is 83.7. The summed E-state index contributed by atoms with van der Waals surface area (Å²) in [5, 5.41) is 0. The van der Waals surface area contributed by atoms with Gasteiger partial charge in [0.1, 0.15) is 23.0 Å². The molecule has 0 saturated heterocycles. The first-order valence-electron chi connectivity index (χ1n) is 52.3. The van der Waals surface area contributed by atoms with Gasteiger partial charge in [0.15, 0.2) is 0 Å². The van der Waals surface area contributed by atoms with Crippen molar-refractivity contribution in [3.8, 4) is 67.5 Å². The molecule has 0 radical (unpaired) electrons. The lowest BCUT2D eigenvalue weighted by Crippen LogP contribution is -2.29. The second-order valence-corrected chi connectivity index (χ2v) is 40.2. The number of ether oxygens (including phenoxy) is 2. The van der Waals surface area contributed by atoms with E-state index >= 15 is 0 Å². The minimum absolute atomic E-state index is 0.410. The molecule has 0 N–H and O–H groups in total. The van der Waals surface area contributed by atoms with Gasteiger partial charge in [-0.15, -0.1) is 0 Å². The fourth-order valence-corrected chi connectivity index (χ4v) is 24.4. The Bertz CT molecular complexity index is 7930. The molecule has 20 aromatic rings. The number of rotatable bonds is 28. The largest absolute Gasteiger partial charge is 0.457 e. The SMILES string of the molecule is CCC(C)c1ccc(Oc2ccc(C3(c4ccc(C(C)C)cc4)c4ccccc4-c4ccc(N(c5ccccc5)c5ccc6c(c5)C(c5ccccc5)(c5ccccc5)c5ccccc5-6)cc43)cc2)cc1.CCCCCCc1ccc(C2(c3ccc(Oc4ccc(C(C)CC)cc4)cc3)c3ccccc3-c3ccc(N(c4ccccc4)c4ccc5c(c4)C(c4ccccc4)(c4ccccc4)c4ccccc4-5)cc32)cc1. The smallest absolute Gasteiger partial charge is 0.127 e. The van der Waals surface area contributed by atoms with Crippen LogP contribution in [0.1, 0.15) is 216 Å². The molecule has 0 heterocycles. The van der Waals surface area contributed by atoms with Crippen LogP contribution in [0.4, 0.5) is 34.1 Å². The number of benzene rings is 20. The van der Waals surface area contributed by atoms with Crippen LogP contribution in [0.25, 0.3) is 44.5 Å². The third-order valence-corrected chi connectivity index (χ3v) is 31.9. The molecule has 20 aromatic carbocycles. The van der Waals surface area contributed by atoms with Crippen LogP contribution in [0, 0.1) is 0 Å². The topological polar surface area (TPSA) is 24.9 Å². The van der Waals surface area contributed by atoms with Crippen molar-refractivity contribution in [1.29, 1.82) is 0 Å². The summed E-state index contributed by atoms with van der Waals surface area (Å²) >= 11 is 0. The molecule has 4 atom stereocenters. The fraction of sp³-hybridized carbons (Fsp3) is 0.149. The first-order valence-corrected chi connectivity index (χ1v) is 52.3. The van der Waals surface area contributed by atoms with Gasteiger partial charge in [-0.3, -0.25) is 0 Å². The molecule has 4 nitrogen and oxygen atoms in total. The van der Waals surface area contributed by atoms with Crippen molar-refractivity contribution in [2.24, 2.45) is 0 Å². The zero-order chi connectivity index (χ0) is 98.2. The van der Waals surface area contributed by atoms with Gasteiger partial charge in [0.05, 0.1) is 21.7 Å². The summed E-state index contributed by atoms with van der Waals surface area (Å²) in [5.41, 5.74) is 39.8. The van der Waals surface area contributed by atoms with E-state index in [4.69, 9.17) is 9.47 Å². The molecule has 0 spiro atoms. The Morgan fingerprint density at radius 2 is 0.434 bits per heavy atom. The van der Waals surface area contributed by atoms with E-state index in [-0.39, 0.29) is 0 Å². The van der Waals surface area contributed by atoms with E-state index in [2.05, 4.69) is 556 Å². The summed E-state index contributed by atoms with van der Waals surface area (Å²) in [4.78, 5) is 4.93. The van der Waals surface area contributed by atoms with Crippen LogP contribution in [0.2, 0.25) is 0 Å². The number of aryl methyl sites for hydroxylation is 1. The predicted molar refractivity (Wildman–Crippen MR) is 604 cm³/mol. The van der Waals surface area contributed by atoms with E-state index in [0.29, 0.717) is 17.8 Å². The van der Waals surface area contributed by atoms with E-state index in [1.54, 1.807) is 0 Å². The second-order valence-electron chi connectivity index (χ2n) is 40.2. The number of para-hydroxylation sites is 2. The number of hydrogen-bond donors (Lipinski definition) is 0. The van der Waals surface area contributed by atoms with Crippen molar-refractivity contribution >= 4 is 34.1 Å². The van der Waals surface area contributed by atoms with Gasteiger partial charge >= 0.3 is 0 Å². The fourth-order valence-electron chi connectivity index (χ4n) is 24.4. The van der Waals surface area contributed by atoms with Crippen LogP contribution < -0.4 is 19.3 Å². The van der Waals surface area contributed by atoms with Gasteiger partial charge in [-0.05, 0) is 321 Å². The molecular formula is C141H120N2O2. The molecule has 0 aliphatic heterocycles. The predicted octanol–water partition coefficient (Wildman–Crippen LogP) is 37.6. The van der Waals surface area contributed by atoms with Crippen molar-refractivity contribution in [2.75, 3.05) is 9.80 Å². The first kappa shape index (κ1) is 92.3. The van der Waals surface area contributed by atoms with E-state index < -0.39 is 21.7 Å². The van der Waals surface area contributed by atoms with Gasteiger partial charge in [0.2, 0.25) is 0 Å². The van der Waals surface area contributed by atoms with Crippen molar-refractivity contribution in [1.82, 2.24) is 0 Å². The van der Waals surface area contributed by atoms with Crippen LogP contribution >= 0.6 is 0 Å². The Morgan fingerprint density at radius 1 is 0.200 bits per heavy atom. The maximum absolute atomic E-state index is 6.58. The van der Waals surface area contributed by atoms with Gasteiger partial charge in [-0.1, -0.05) is 444 Å². The third kappa shape index (κ3) is 16.1. The molecule has 4 unspecified atom stereocenters. The van der Waals surface area contributed by atoms with Crippen molar-refractivity contribution in [3.63, 3.8) is 0 Å². The van der Waals surface area contributed by atoms with Crippen molar-refractivity contribution in [2.45, 2.75) is 133 Å². The van der Waals surface area contributed by atoms with Crippen molar-refractivity contribution < 1.29 is 9.47 Å². The van der Waals surface area contributed by atoms with Gasteiger partial charge in [0, 0.05) is 34.1 Å². The maximum atomic E-state index is 6.58. The Balaban J connectivity index is 0.000000160. The van der Waals surface area contributed by atoms with Crippen LogP contribution in [0.15, 0.2) is 497 Å². The molecular weight excluding hydrogens is 1750 g/mol. The summed E-state index contributed by atoms with van der Waals surface area (Å²) in [6.07, 6.45) is 8.28. The summed E-state index contributed by atoms with van der Waals surface area (Å²) in [6, 6.07) is 185. The molecule has 145 heavy (non-hydrogen) atoms. The molecule has 0 amide bonds. The molecule has 4 heteroatoms. The number of anilines is 6. The summed E-state index contributed by atoms with van der Waals surface area (Å²) in [6.45, 7) is 15.9. The molecule has 24 rings (SSSR count).